The zero-order chi connectivity index (χ0) is 16.1. The quantitative estimate of drug-likeness (QED) is 0.541. The summed E-state index contributed by atoms with van der Waals surface area (Å²) >= 11 is 12.8. The molecule has 112 valence electrons. The standard InChI is InChI=1S/C17H12Cl2O2S/c1-22-16(17(21)12-4-8-14(19)9-5-12)10-15(20)11-2-6-13(18)7-3-11/h2-10H,1H3/b16-10+. The summed E-state index contributed by atoms with van der Waals surface area (Å²) in [5, 5.41) is 1.12. The molecule has 22 heavy (non-hydrogen) atoms. The van der Waals surface area contributed by atoms with Gasteiger partial charge in [0.2, 0.25) is 0 Å². The maximum atomic E-state index is 12.4. The first-order valence-electron chi connectivity index (χ1n) is 6.37. The van der Waals surface area contributed by atoms with Crippen LogP contribution in [0.1, 0.15) is 20.7 Å². The summed E-state index contributed by atoms with van der Waals surface area (Å²) in [6, 6.07) is 13.1. The first kappa shape index (κ1) is 16.8. The lowest BCUT2D eigenvalue weighted by Gasteiger charge is -2.04. The Morgan fingerprint density at radius 3 is 1.77 bits per heavy atom. The number of hydrogen-bond donors (Lipinski definition) is 0. The predicted octanol–water partition coefficient (Wildman–Crippen LogP) is 5.31. The van der Waals surface area contributed by atoms with Gasteiger partial charge < -0.3 is 0 Å². The van der Waals surface area contributed by atoms with Gasteiger partial charge in [-0.1, -0.05) is 23.2 Å². The van der Waals surface area contributed by atoms with Crippen LogP contribution < -0.4 is 0 Å². The first-order valence-corrected chi connectivity index (χ1v) is 8.35. The van der Waals surface area contributed by atoms with E-state index in [0.717, 1.165) is 0 Å². The molecule has 2 nitrogen and oxygen atoms in total. The van der Waals surface area contributed by atoms with E-state index in [-0.39, 0.29) is 11.6 Å². The summed E-state index contributed by atoms with van der Waals surface area (Å²) in [7, 11) is 0. The molecule has 0 aliphatic rings. The molecule has 0 aliphatic heterocycles. The second-order valence-corrected chi connectivity index (χ2v) is 6.14. The van der Waals surface area contributed by atoms with Crippen LogP contribution in [-0.4, -0.2) is 17.8 Å². The second kappa shape index (κ2) is 7.63. The van der Waals surface area contributed by atoms with Crippen LogP contribution in [0.5, 0.6) is 0 Å². The Hall–Kier alpha value is -1.55. The predicted molar refractivity (Wildman–Crippen MR) is 93.2 cm³/mol. The van der Waals surface area contributed by atoms with Crippen LogP contribution in [0, 0.1) is 0 Å². The highest BCUT2D eigenvalue weighted by atomic mass is 35.5. The van der Waals surface area contributed by atoms with Gasteiger partial charge in [0.15, 0.2) is 11.6 Å². The van der Waals surface area contributed by atoms with Crippen molar-refractivity contribution >= 4 is 46.5 Å². The summed E-state index contributed by atoms with van der Waals surface area (Å²) in [5.41, 5.74) is 0.980. The Kier molecular flexibility index (Phi) is 5.83. The Morgan fingerprint density at radius 2 is 1.32 bits per heavy atom. The number of halogens is 2. The molecule has 0 radical (unpaired) electrons. The van der Waals surface area contributed by atoms with Crippen molar-refractivity contribution in [3.8, 4) is 0 Å². The lowest BCUT2D eigenvalue weighted by Crippen LogP contribution is -2.04. The Morgan fingerprint density at radius 1 is 0.864 bits per heavy atom. The van der Waals surface area contributed by atoms with Gasteiger partial charge in [-0.2, -0.15) is 0 Å². The number of hydrogen-bond acceptors (Lipinski definition) is 3. The topological polar surface area (TPSA) is 34.1 Å². The van der Waals surface area contributed by atoms with E-state index < -0.39 is 0 Å². The van der Waals surface area contributed by atoms with E-state index in [4.69, 9.17) is 23.2 Å². The van der Waals surface area contributed by atoms with Gasteiger partial charge in [-0.3, -0.25) is 9.59 Å². The average Bonchev–Trinajstić information content (AvgIpc) is 2.53. The number of benzene rings is 2. The lowest BCUT2D eigenvalue weighted by molar-refractivity contribution is 0.101. The van der Waals surface area contributed by atoms with Gasteiger partial charge in [-0.15, -0.1) is 11.8 Å². The molecule has 0 saturated heterocycles. The van der Waals surface area contributed by atoms with Crippen molar-refractivity contribution in [1.82, 2.24) is 0 Å². The van der Waals surface area contributed by atoms with Crippen LogP contribution >= 0.6 is 35.0 Å². The van der Waals surface area contributed by atoms with E-state index in [0.29, 0.717) is 26.1 Å². The third kappa shape index (κ3) is 4.23. The molecule has 5 heteroatoms. The number of rotatable bonds is 5. The molecule has 0 fully saturated rings. The fraction of sp³-hybridized carbons (Fsp3) is 0.0588. The third-order valence-electron chi connectivity index (χ3n) is 2.94. The minimum absolute atomic E-state index is 0.202. The second-order valence-electron chi connectivity index (χ2n) is 4.42. The van der Waals surface area contributed by atoms with Gasteiger partial charge in [0.05, 0.1) is 4.91 Å². The molecule has 2 aromatic rings. The average molecular weight is 351 g/mol. The maximum Gasteiger partial charge on any atom is 0.199 e. The number of allylic oxidation sites excluding steroid dienone is 2. The molecule has 0 atom stereocenters. The zero-order valence-electron chi connectivity index (χ0n) is 11.7. The fourth-order valence-electron chi connectivity index (χ4n) is 1.78. The van der Waals surface area contributed by atoms with Gasteiger partial charge in [0, 0.05) is 27.2 Å². The first-order chi connectivity index (χ1) is 10.5. The highest BCUT2D eigenvalue weighted by Crippen LogP contribution is 2.21. The molecule has 0 unspecified atom stereocenters. The summed E-state index contributed by atoms with van der Waals surface area (Å²) in [6.07, 6.45) is 3.11. The fourth-order valence-corrected chi connectivity index (χ4v) is 2.56. The van der Waals surface area contributed by atoms with E-state index in [1.807, 2.05) is 0 Å². The molecule has 2 rings (SSSR count). The molecule has 0 bridgehead atoms. The van der Waals surface area contributed by atoms with E-state index in [2.05, 4.69) is 0 Å². The van der Waals surface area contributed by atoms with Gasteiger partial charge in [-0.25, -0.2) is 0 Å². The molecule has 0 aromatic heterocycles. The van der Waals surface area contributed by atoms with Crippen LogP contribution in [0.25, 0.3) is 0 Å². The van der Waals surface area contributed by atoms with Crippen LogP contribution in [0.2, 0.25) is 10.0 Å². The van der Waals surface area contributed by atoms with Crippen molar-refractivity contribution < 1.29 is 9.59 Å². The van der Waals surface area contributed by atoms with Crippen molar-refractivity contribution in [2.75, 3.05) is 6.26 Å². The van der Waals surface area contributed by atoms with Crippen LogP contribution in [0.4, 0.5) is 0 Å². The number of Topliss-reactive ketones (excluding diaryl/α,β-unsaturated/α-hetero) is 1. The molecule has 0 heterocycles. The molecule has 0 aliphatic carbocycles. The van der Waals surface area contributed by atoms with Crippen LogP contribution in [0.3, 0.4) is 0 Å². The minimum Gasteiger partial charge on any atom is -0.289 e. The van der Waals surface area contributed by atoms with Crippen LogP contribution in [-0.2, 0) is 0 Å². The van der Waals surface area contributed by atoms with Gasteiger partial charge in [-0.05, 0) is 54.8 Å². The van der Waals surface area contributed by atoms with Crippen molar-refractivity contribution in [2.24, 2.45) is 0 Å². The normalized spacial score (nSPS) is 11.3. The lowest BCUT2D eigenvalue weighted by atomic mass is 10.1. The van der Waals surface area contributed by atoms with E-state index in [1.54, 1.807) is 54.8 Å². The molecule has 0 spiro atoms. The van der Waals surface area contributed by atoms with Gasteiger partial charge in [0.1, 0.15) is 0 Å². The largest absolute Gasteiger partial charge is 0.289 e. The van der Waals surface area contributed by atoms with Crippen molar-refractivity contribution in [3.63, 3.8) is 0 Å². The minimum atomic E-state index is -0.233. The Labute approximate surface area is 143 Å². The van der Waals surface area contributed by atoms with Crippen LogP contribution in [0.15, 0.2) is 59.5 Å². The number of carbonyl (C=O) groups is 2. The third-order valence-corrected chi connectivity index (χ3v) is 4.19. The molecule has 0 saturated carbocycles. The maximum absolute atomic E-state index is 12.4. The highest BCUT2D eigenvalue weighted by molar-refractivity contribution is 8.03. The smallest absolute Gasteiger partial charge is 0.199 e. The summed E-state index contributed by atoms with van der Waals surface area (Å²) in [6.45, 7) is 0. The Balaban J connectivity index is 2.26. The Bertz CT molecular complexity index is 719. The number of ketones is 2. The molecule has 0 N–H and O–H groups in total. The molecule has 0 amide bonds. The molecular weight excluding hydrogens is 339 g/mol. The van der Waals surface area contributed by atoms with Crippen molar-refractivity contribution in [3.05, 3.63) is 80.7 Å². The van der Waals surface area contributed by atoms with E-state index in [9.17, 15) is 9.59 Å². The van der Waals surface area contributed by atoms with Gasteiger partial charge in [0.25, 0.3) is 0 Å². The molecule has 2 aromatic carbocycles. The van der Waals surface area contributed by atoms with E-state index >= 15 is 0 Å². The molecular formula is C17H12Cl2O2S. The SMILES string of the molecule is CS/C(=C/C(=O)c1ccc(Cl)cc1)C(=O)c1ccc(Cl)cc1. The number of carbonyl (C=O) groups excluding carboxylic acids is 2. The highest BCUT2D eigenvalue weighted by Gasteiger charge is 2.14. The van der Waals surface area contributed by atoms with Crippen molar-refractivity contribution in [2.45, 2.75) is 0 Å². The summed E-state index contributed by atoms with van der Waals surface area (Å²) in [4.78, 5) is 25.0. The summed E-state index contributed by atoms with van der Waals surface area (Å²) < 4.78 is 0. The zero-order valence-corrected chi connectivity index (χ0v) is 14.0. The van der Waals surface area contributed by atoms with Crippen molar-refractivity contribution in [1.29, 1.82) is 0 Å². The summed E-state index contributed by atoms with van der Waals surface area (Å²) in [5.74, 6) is -0.435. The van der Waals surface area contributed by atoms with E-state index in [1.165, 1.54) is 17.8 Å². The monoisotopic (exact) mass is 350 g/mol. The number of thioether (sulfide) groups is 1. The van der Waals surface area contributed by atoms with Gasteiger partial charge >= 0.3 is 0 Å².